The Kier molecular flexibility index (Phi) is 5.10. The van der Waals surface area contributed by atoms with E-state index in [-0.39, 0.29) is 10.6 Å². The van der Waals surface area contributed by atoms with Crippen molar-refractivity contribution in [1.29, 1.82) is 0 Å². The summed E-state index contributed by atoms with van der Waals surface area (Å²) in [5.74, 6) is -0.601. The van der Waals surface area contributed by atoms with E-state index in [2.05, 4.69) is 0 Å². The number of benzene rings is 1. The number of anilines is 1. The van der Waals surface area contributed by atoms with Gasteiger partial charge in [0, 0.05) is 13.1 Å². The molecule has 1 aromatic carbocycles. The first-order valence-corrected chi connectivity index (χ1v) is 7.42. The number of nitrogens with zero attached hydrogens (tertiary/aromatic N) is 1. The van der Waals surface area contributed by atoms with E-state index in [4.69, 9.17) is 5.73 Å². The van der Waals surface area contributed by atoms with Gasteiger partial charge in [0.1, 0.15) is 10.7 Å². The van der Waals surface area contributed by atoms with Gasteiger partial charge in [0.25, 0.3) is 0 Å². The molecule has 0 aliphatic carbocycles. The molecule has 1 aromatic rings. The van der Waals surface area contributed by atoms with E-state index < -0.39 is 15.8 Å². The predicted octanol–water partition coefficient (Wildman–Crippen LogP) is 2.22. The van der Waals surface area contributed by atoms with Gasteiger partial charge >= 0.3 is 0 Å². The first-order valence-electron chi connectivity index (χ1n) is 5.98. The highest BCUT2D eigenvalue weighted by Crippen LogP contribution is 2.23. The quantitative estimate of drug-likeness (QED) is 0.809. The summed E-state index contributed by atoms with van der Waals surface area (Å²) in [6.07, 6.45) is 1.41. The standard InChI is InChI=1S/C12H19FN2O2S/c1-3-7-15(8-4-2)18(16,17)12-9-10(13)5-6-11(12)14/h5-6,9H,3-4,7-8,14H2,1-2H3. The molecule has 0 saturated carbocycles. The Morgan fingerprint density at radius 3 is 2.28 bits per heavy atom. The molecular weight excluding hydrogens is 255 g/mol. The van der Waals surface area contributed by atoms with Crippen molar-refractivity contribution in [2.75, 3.05) is 18.8 Å². The zero-order valence-corrected chi connectivity index (χ0v) is 11.5. The molecule has 0 spiro atoms. The smallest absolute Gasteiger partial charge is 0.245 e. The molecule has 0 amide bonds. The third-order valence-corrected chi connectivity index (χ3v) is 4.49. The van der Waals surface area contributed by atoms with Crippen molar-refractivity contribution in [2.24, 2.45) is 0 Å². The van der Waals surface area contributed by atoms with E-state index in [0.29, 0.717) is 25.9 Å². The van der Waals surface area contributed by atoms with Gasteiger partial charge in [0.2, 0.25) is 10.0 Å². The van der Waals surface area contributed by atoms with Crippen LogP contribution in [0.2, 0.25) is 0 Å². The summed E-state index contributed by atoms with van der Waals surface area (Å²) in [4.78, 5) is -0.149. The molecule has 18 heavy (non-hydrogen) atoms. The molecule has 6 heteroatoms. The lowest BCUT2D eigenvalue weighted by Crippen LogP contribution is -2.33. The summed E-state index contributed by atoms with van der Waals surface area (Å²) in [5.41, 5.74) is 5.71. The fourth-order valence-corrected chi connectivity index (χ4v) is 3.47. The molecule has 0 fully saturated rings. The number of sulfonamides is 1. The zero-order valence-electron chi connectivity index (χ0n) is 10.7. The second kappa shape index (κ2) is 6.15. The molecule has 0 radical (unpaired) electrons. The van der Waals surface area contributed by atoms with Crippen molar-refractivity contribution in [3.63, 3.8) is 0 Å². The van der Waals surface area contributed by atoms with Crippen LogP contribution in [0.5, 0.6) is 0 Å². The van der Waals surface area contributed by atoms with Gasteiger partial charge in [-0.3, -0.25) is 0 Å². The number of hydrogen-bond donors (Lipinski definition) is 1. The number of rotatable bonds is 6. The van der Waals surface area contributed by atoms with E-state index >= 15 is 0 Å². The molecule has 0 aromatic heterocycles. The molecule has 0 saturated heterocycles. The fourth-order valence-electron chi connectivity index (χ4n) is 1.72. The number of nitrogen functional groups attached to an aromatic ring is 1. The molecule has 0 aliphatic rings. The lowest BCUT2D eigenvalue weighted by Gasteiger charge is -2.21. The second-order valence-corrected chi connectivity index (χ2v) is 5.99. The van der Waals surface area contributed by atoms with E-state index in [1.807, 2.05) is 13.8 Å². The van der Waals surface area contributed by atoms with E-state index in [0.717, 1.165) is 12.1 Å². The minimum atomic E-state index is -3.71. The summed E-state index contributed by atoms with van der Waals surface area (Å²) >= 11 is 0. The van der Waals surface area contributed by atoms with Crippen LogP contribution in [0.25, 0.3) is 0 Å². The topological polar surface area (TPSA) is 63.4 Å². The molecular formula is C12H19FN2O2S. The Balaban J connectivity index is 3.21. The van der Waals surface area contributed by atoms with Crippen molar-refractivity contribution >= 4 is 15.7 Å². The molecule has 4 nitrogen and oxygen atoms in total. The van der Waals surface area contributed by atoms with Gasteiger partial charge < -0.3 is 5.73 Å². The van der Waals surface area contributed by atoms with Crippen molar-refractivity contribution < 1.29 is 12.8 Å². The van der Waals surface area contributed by atoms with Gasteiger partial charge in [-0.25, -0.2) is 12.8 Å². The molecule has 0 atom stereocenters. The highest BCUT2D eigenvalue weighted by Gasteiger charge is 2.25. The van der Waals surface area contributed by atoms with Gasteiger partial charge in [-0.1, -0.05) is 13.8 Å². The van der Waals surface area contributed by atoms with Crippen LogP contribution in [0.1, 0.15) is 26.7 Å². The van der Waals surface area contributed by atoms with Gasteiger partial charge in [0.05, 0.1) is 5.69 Å². The summed E-state index contributed by atoms with van der Waals surface area (Å²) in [5, 5.41) is 0. The minimum Gasteiger partial charge on any atom is -0.398 e. The number of nitrogens with two attached hydrogens (primary N) is 1. The van der Waals surface area contributed by atoms with Gasteiger partial charge in [-0.05, 0) is 31.0 Å². The van der Waals surface area contributed by atoms with E-state index in [1.165, 1.54) is 10.4 Å². The van der Waals surface area contributed by atoms with Crippen LogP contribution in [0.4, 0.5) is 10.1 Å². The average Bonchev–Trinajstić information content (AvgIpc) is 2.32. The van der Waals surface area contributed by atoms with Crippen molar-refractivity contribution in [3.8, 4) is 0 Å². The largest absolute Gasteiger partial charge is 0.398 e. The SMILES string of the molecule is CCCN(CCC)S(=O)(=O)c1cc(F)ccc1N. The molecule has 2 N–H and O–H groups in total. The lowest BCUT2D eigenvalue weighted by molar-refractivity contribution is 0.410. The summed E-state index contributed by atoms with van der Waals surface area (Å²) in [6.45, 7) is 4.61. The first kappa shape index (κ1) is 14.9. The van der Waals surface area contributed by atoms with Crippen LogP contribution < -0.4 is 5.73 Å². The minimum absolute atomic E-state index is 0.0774. The summed E-state index contributed by atoms with van der Waals surface area (Å²) in [6, 6.07) is 3.40. The summed E-state index contributed by atoms with van der Waals surface area (Å²) < 4.78 is 39.2. The maximum absolute atomic E-state index is 13.2. The lowest BCUT2D eigenvalue weighted by atomic mass is 10.3. The van der Waals surface area contributed by atoms with Crippen LogP contribution in [-0.4, -0.2) is 25.8 Å². The highest BCUT2D eigenvalue weighted by atomic mass is 32.2. The maximum atomic E-state index is 13.2. The van der Waals surface area contributed by atoms with Crippen molar-refractivity contribution in [1.82, 2.24) is 4.31 Å². The molecule has 0 heterocycles. The van der Waals surface area contributed by atoms with Gasteiger partial charge in [-0.15, -0.1) is 0 Å². The Labute approximate surface area is 108 Å². The third-order valence-electron chi connectivity index (χ3n) is 2.54. The van der Waals surface area contributed by atoms with Crippen molar-refractivity contribution in [2.45, 2.75) is 31.6 Å². The van der Waals surface area contributed by atoms with Crippen LogP contribution in [0, 0.1) is 5.82 Å². The average molecular weight is 274 g/mol. The number of hydrogen-bond acceptors (Lipinski definition) is 3. The van der Waals surface area contributed by atoms with Crippen molar-refractivity contribution in [3.05, 3.63) is 24.0 Å². The van der Waals surface area contributed by atoms with Crippen LogP contribution in [-0.2, 0) is 10.0 Å². The third kappa shape index (κ3) is 3.20. The zero-order chi connectivity index (χ0) is 13.8. The number of halogens is 1. The molecule has 102 valence electrons. The fraction of sp³-hybridized carbons (Fsp3) is 0.500. The normalized spacial score (nSPS) is 12.0. The Morgan fingerprint density at radius 2 is 1.78 bits per heavy atom. The van der Waals surface area contributed by atoms with Gasteiger partial charge in [-0.2, -0.15) is 4.31 Å². The summed E-state index contributed by atoms with van der Waals surface area (Å²) in [7, 11) is -3.71. The maximum Gasteiger partial charge on any atom is 0.245 e. The molecule has 0 bridgehead atoms. The molecule has 0 aliphatic heterocycles. The molecule has 1 rings (SSSR count). The van der Waals surface area contributed by atoms with Crippen LogP contribution in [0.3, 0.4) is 0 Å². The highest BCUT2D eigenvalue weighted by molar-refractivity contribution is 7.89. The Bertz CT molecular complexity index is 497. The predicted molar refractivity (Wildman–Crippen MR) is 70.2 cm³/mol. The Hall–Kier alpha value is -1.14. The Morgan fingerprint density at radius 1 is 1.22 bits per heavy atom. The second-order valence-electron chi connectivity index (χ2n) is 4.09. The molecule has 0 unspecified atom stereocenters. The van der Waals surface area contributed by atoms with Crippen LogP contribution in [0.15, 0.2) is 23.1 Å². The van der Waals surface area contributed by atoms with E-state index in [9.17, 15) is 12.8 Å². The van der Waals surface area contributed by atoms with E-state index in [1.54, 1.807) is 0 Å². The van der Waals surface area contributed by atoms with Gasteiger partial charge in [0.15, 0.2) is 0 Å². The monoisotopic (exact) mass is 274 g/mol. The first-order chi connectivity index (χ1) is 8.43. The van der Waals surface area contributed by atoms with Crippen LogP contribution >= 0.6 is 0 Å².